The number of nitrogens with zero attached hydrogens (tertiary/aromatic N) is 1. The number of anilines is 1. The molecule has 2 rings (SSSR count). The summed E-state index contributed by atoms with van der Waals surface area (Å²) in [5.41, 5.74) is -0.111. The van der Waals surface area contributed by atoms with Gasteiger partial charge >= 0.3 is 0 Å². The molecular weight excluding hydrogens is 236 g/mol. The van der Waals surface area contributed by atoms with E-state index in [1.165, 1.54) is 0 Å². The minimum atomic E-state index is -1.05. The van der Waals surface area contributed by atoms with Gasteiger partial charge in [0.15, 0.2) is 11.6 Å². The maximum atomic E-state index is 13.4. The number of benzene rings is 1. The first kappa shape index (κ1) is 11.2. The minimum absolute atomic E-state index is 0.111. The van der Waals surface area contributed by atoms with Crippen LogP contribution in [0, 0.1) is 11.6 Å². The number of phenolic OH excluding ortho intramolecular Hbond substituents is 1. The summed E-state index contributed by atoms with van der Waals surface area (Å²) < 4.78 is 26.2. The first-order valence-electron chi connectivity index (χ1n) is 4.65. The van der Waals surface area contributed by atoms with Crippen LogP contribution in [0.5, 0.6) is 5.75 Å². The summed E-state index contributed by atoms with van der Waals surface area (Å²) in [5, 5.41) is 8.97. The maximum Gasteiger partial charge on any atom is 0.228 e. The zero-order chi connectivity index (χ0) is 11.9. The van der Waals surface area contributed by atoms with Gasteiger partial charge in [-0.3, -0.25) is 4.79 Å². The quantitative estimate of drug-likeness (QED) is 0.739. The van der Waals surface area contributed by atoms with Crippen molar-refractivity contribution < 1.29 is 18.7 Å². The molecule has 1 aliphatic rings. The van der Waals surface area contributed by atoms with E-state index in [0.29, 0.717) is 6.07 Å². The Kier molecular flexibility index (Phi) is 2.75. The van der Waals surface area contributed by atoms with Crippen LogP contribution in [-0.4, -0.2) is 22.8 Å². The van der Waals surface area contributed by atoms with Crippen molar-refractivity contribution in [2.75, 3.05) is 11.4 Å². The van der Waals surface area contributed by atoms with Gasteiger partial charge < -0.3 is 10.0 Å². The Hall–Kier alpha value is -1.30. The molecule has 0 spiro atoms. The van der Waals surface area contributed by atoms with Crippen molar-refractivity contribution in [1.29, 1.82) is 0 Å². The third-order valence-electron chi connectivity index (χ3n) is 2.41. The molecular formula is C10H9F2NO2S. The highest BCUT2D eigenvalue weighted by Crippen LogP contribution is 2.31. The Balaban J connectivity index is 2.41. The molecule has 86 valence electrons. The molecule has 6 heteroatoms. The molecule has 1 aromatic carbocycles. The summed E-state index contributed by atoms with van der Waals surface area (Å²) in [6.07, 6.45) is 0.209. The van der Waals surface area contributed by atoms with E-state index in [2.05, 4.69) is 12.6 Å². The van der Waals surface area contributed by atoms with Crippen LogP contribution in [-0.2, 0) is 4.79 Å². The lowest BCUT2D eigenvalue weighted by molar-refractivity contribution is -0.117. The lowest BCUT2D eigenvalue weighted by Crippen LogP contribution is -2.25. The van der Waals surface area contributed by atoms with Gasteiger partial charge in [-0.2, -0.15) is 12.6 Å². The molecule has 1 heterocycles. The zero-order valence-electron chi connectivity index (χ0n) is 8.15. The van der Waals surface area contributed by atoms with Crippen molar-refractivity contribution in [1.82, 2.24) is 0 Å². The Morgan fingerprint density at radius 2 is 2.06 bits per heavy atom. The number of carbonyl (C=O) groups excluding carboxylic acids is 1. The highest BCUT2D eigenvalue weighted by atomic mass is 32.1. The van der Waals surface area contributed by atoms with Crippen molar-refractivity contribution >= 4 is 24.2 Å². The van der Waals surface area contributed by atoms with Crippen molar-refractivity contribution in [3.63, 3.8) is 0 Å². The van der Waals surface area contributed by atoms with Crippen molar-refractivity contribution in [2.24, 2.45) is 0 Å². The predicted octanol–water partition coefficient (Wildman–Crippen LogP) is 1.71. The van der Waals surface area contributed by atoms with Crippen LogP contribution in [0.3, 0.4) is 0 Å². The van der Waals surface area contributed by atoms with E-state index in [0.717, 1.165) is 11.0 Å². The monoisotopic (exact) mass is 245 g/mol. The topological polar surface area (TPSA) is 40.5 Å². The van der Waals surface area contributed by atoms with Gasteiger partial charge in [0.05, 0.1) is 5.69 Å². The summed E-state index contributed by atoms with van der Waals surface area (Å²) in [6.45, 7) is 0.254. The van der Waals surface area contributed by atoms with Crippen LogP contribution in [0.1, 0.15) is 6.42 Å². The van der Waals surface area contributed by atoms with Gasteiger partial charge in [-0.1, -0.05) is 0 Å². The third kappa shape index (κ3) is 1.84. The van der Waals surface area contributed by atoms with E-state index in [1.807, 2.05) is 0 Å². The average molecular weight is 245 g/mol. The number of halogens is 2. The smallest absolute Gasteiger partial charge is 0.228 e. The van der Waals surface area contributed by atoms with Crippen LogP contribution in [0.2, 0.25) is 0 Å². The van der Waals surface area contributed by atoms with E-state index >= 15 is 0 Å². The van der Waals surface area contributed by atoms with Crippen molar-refractivity contribution in [3.8, 4) is 5.75 Å². The number of hydrogen-bond donors (Lipinski definition) is 2. The highest BCUT2D eigenvalue weighted by molar-refractivity contribution is 7.81. The standard InChI is InChI=1S/C10H9F2NO2S/c11-6-2-7(12)9(14)3-8(6)13-4-5(16)1-10(13)15/h2-3,5,14,16H,1,4H2. The first-order chi connectivity index (χ1) is 7.49. The molecule has 3 nitrogen and oxygen atoms in total. The molecule has 0 aliphatic carbocycles. The second-order valence-corrected chi connectivity index (χ2v) is 4.35. The summed E-state index contributed by atoms with van der Waals surface area (Å²) in [5.74, 6) is -2.88. The molecule has 16 heavy (non-hydrogen) atoms. The Morgan fingerprint density at radius 1 is 1.38 bits per heavy atom. The molecule has 1 saturated heterocycles. The molecule has 1 N–H and O–H groups in total. The molecule has 0 saturated carbocycles. The number of amides is 1. The number of aromatic hydroxyl groups is 1. The predicted molar refractivity (Wildman–Crippen MR) is 57.8 cm³/mol. The first-order valence-corrected chi connectivity index (χ1v) is 5.17. The fourth-order valence-electron chi connectivity index (χ4n) is 1.65. The van der Waals surface area contributed by atoms with E-state index in [9.17, 15) is 13.6 Å². The van der Waals surface area contributed by atoms with Gasteiger partial charge in [-0.25, -0.2) is 8.78 Å². The van der Waals surface area contributed by atoms with Crippen LogP contribution in [0.25, 0.3) is 0 Å². The normalized spacial score (nSPS) is 20.6. The molecule has 1 aromatic rings. The fourth-order valence-corrected chi connectivity index (χ4v) is 1.97. The highest BCUT2D eigenvalue weighted by Gasteiger charge is 2.30. The lowest BCUT2D eigenvalue weighted by Gasteiger charge is -2.17. The SMILES string of the molecule is O=C1CC(S)CN1c1cc(O)c(F)cc1F. The van der Waals surface area contributed by atoms with E-state index < -0.39 is 17.4 Å². The van der Waals surface area contributed by atoms with Gasteiger partial charge in [-0.05, 0) is 0 Å². The summed E-state index contributed by atoms with van der Waals surface area (Å²) in [7, 11) is 0. The van der Waals surface area contributed by atoms with Crippen LogP contribution in [0.4, 0.5) is 14.5 Å². The molecule has 0 bridgehead atoms. The molecule has 0 radical (unpaired) electrons. The number of carbonyl (C=O) groups is 1. The largest absolute Gasteiger partial charge is 0.505 e. The van der Waals surface area contributed by atoms with Gasteiger partial charge in [0, 0.05) is 30.3 Å². The number of phenols is 1. The second kappa shape index (κ2) is 3.93. The van der Waals surface area contributed by atoms with Gasteiger partial charge in [0.1, 0.15) is 5.82 Å². The van der Waals surface area contributed by atoms with Crippen LogP contribution in [0.15, 0.2) is 12.1 Å². The Labute approximate surface area is 96.1 Å². The molecule has 1 aliphatic heterocycles. The van der Waals surface area contributed by atoms with Gasteiger partial charge in [0.25, 0.3) is 0 Å². The van der Waals surface area contributed by atoms with Crippen LogP contribution < -0.4 is 4.90 Å². The summed E-state index contributed by atoms with van der Waals surface area (Å²) in [4.78, 5) is 12.6. The zero-order valence-corrected chi connectivity index (χ0v) is 9.05. The van der Waals surface area contributed by atoms with Crippen molar-refractivity contribution in [3.05, 3.63) is 23.8 Å². The van der Waals surface area contributed by atoms with Gasteiger partial charge in [0.2, 0.25) is 5.91 Å². The molecule has 1 amide bonds. The average Bonchev–Trinajstić information content (AvgIpc) is 2.51. The van der Waals surface area contributed by atoms with E-state index in [-0.39, 0.29) is 29.8 Å². The molecule has 1 fully saturated rings. The number of hydrogen-bond acceptors (Lipinski definition) is 3. The third-order valence-corrected chi connectivity index (χ3v) is 2.76. The fraction of sp³-hybridized carbons (Fsp3) is 0.300. The molecule has 0 aromatic heterocycles. The molecule has 1 atom stereocenters. The second-order valence-electron chi connectivity index (χ2n) is 3.62. The maximum absolute atomic E-state index is 13.4. The van der Waals surface area contributed by atoms with E-state index in [4.69, 9.17) is 5.11 Å². The van der Waals surface area contributed by atoms with Gasteiger partial charge in [-0.15, -0.1) is 0 Å². The number of thiol groups is 1. The summed E-state index contributed by atoms with van der Waals surface area (Å²) >= 11 is 4.12. The van der Waals surface area contributed by atoms with Crippen LogP contribution >= 0.6 is 12.6 Å². The molecule has 1 unspecified atom stereocenters. The minimum Gasteiger partial charge on any atom is -0.505 e. The number of rotatable bonds is 1. The Bertz CT molecular complexity index is 453. The lowest BCUT2D eigenvalue weighted by atomic mass is 10.2. The Morgan fingerprint density at radius 3 is 2.62 bits per heavy atom. The van der Waals surface area contributed by atoms with Crippen molar-refractivity contribution in [2.45, 2.75) is 11.7 Å². The summed E-state index contributed by atoms with van der Waals surface area (Å²) in [6, 6.07) is 1.47. The van der Waals surface area contributed by atoms with E-state index in [1.54, 1.807) is 0 Å².